The lowest BCUT2D eigenvalue weighted by atomic mass is 10.2. The Bertz CT molecular complexity index is 939. The number of benzene rings is 1. The normalized spacial score (nSPS) is 13.3. The predicted molar refractivity (Wildman–Crippen MR) is 111 cm³/mol. The molecule has 1 aromatic carbocycles. The second-order valence-electron chi connectivity index (χ2n) is 7.89. The lowest BCUT2D eigenvalue weighted by Crippen LogP contribution is -2.42. The van der Waals surface area contributed by atoms with Crippen LogP contribution in [0.25, 0.3) is 10.8 Å². The summed E-state index contributed by atoms with van der Waals surface area (Å²) in [5, 5.41) is 11.1. The van der Waals surface area contributed by atoms with Gasteiger partial charge in [-0.3, -0.25) is 4.98 Å². The molecular formula is C20H29N3O5S. The smallest absolute Gasteiger partial charge is 0.410 e. The van der Waals surface area contributed by atoms with Crippen LogP contribution >= 0.6 is 0 Å². The third-order valence-corrected chi connectivity index (χ3v) is 5.52. The van der Waals surface area contributed by atoms with Gasteiger partial charge in [-0.1, -0.05) is 6.07 Å². The molecule has 160 valence electrons. The van der Waals surface area contributed by atoms with Crippen LogP contribution < -0.4 is 4.72 Å². The van der Waals surface area contributed by atoms with Crippen LogP contribution in [0.4, 0.5) is 4.79 Å². The summed E-state index contributed by atoms with van der Waals surface area (Å²) in [4.78, 5) is 17.9. The van der Waals surface area contributed by atoms with Crippen molar-refractivity contribution in [2.45, 2.75) is 50.7 Å². The third kappa shape index (κ3) is 7.26. The summed E-state index contributed by atoms with van der Waals surface area (Å²) in [6.07, 6.45) is 2.51. The van der Waals surface area contributed by atoms with Crippen molar-refractivity contribution in [2.24, 2.45) is 0 Å². The zero-order chi connectivity index (χ0) is 21.7. The molecule has 0 aliphatic rings. The number of hydrogen-bond donors (Lipinski definition) is 2. The monoisotopic (exact) mass is 423 g/mol. The van der Waals surface area contributed by atoms with E-state index in [9.17, 15) is 18.3 Å². The number of aromatic nitrogens is 1. The highest BCUT2D eigenvalue weighted by molar-refractivity contribution is 7.89. The van der Waals surface area contributed by atoms with E-state index in [-0.39, 0.29) is 24.5 Å². The second kappa shape index (κ2) is 9.51. The molecule has 0 fully saturated rings. The van der Waals surface area contributed by atoms with Crippen LogP contribution in [-0.2, 0) is 14.8 Å². The molecule has 0 saturated heterocycles. The number of carbonyl (C=O) groups is 1. The summed E-state index contributed by atoms with van der Waals surface area (Å²) in [7, 11) is -3.74. The van der Waals surface area contributed by atoms with Gasteiger partial charge in [-0.25, -0.2) is 17.9 Å². The first kappa shape index (κ1) is 23.1. The van der Waals surface area contributed by atoms with Crippen molar-refractivity contribution in [3.63, 3.8) is 0 Å². The molecule has 0 spiro atoms. The molecule has 1 heterocycles. The van der Waals surface area contributed by atoms with E-state index in [2.05, 4.69) is 9.71 Å². The molecule has 2 N–H and O–H groups in total. The first-order valence-corrected chi connectivity index (χ1v) is 11.0. The molecule has 0 aliphatic heterocycles. The zero-order valence-corrected chi connectivity index (χ0v) is 18.1. The van der Waals surface area contributed by atoms with Crippen molar-refractivity contribution in [3.8, 4) is 0 Å². The van der Waals surface area contributed by atoms with E-state index in [0.29, 0.717) is 6.42 Å². The van der Waals surface area contributed by atoms with Crippen LogP contribution in [0.15, 0.2) is 41.6 Å². The van der Waals surface area contributed by atoms with Crippen molar-refractivity contribution in [2.75, 3.05) is 19.6 Å². The molecule has 1 atom stereocenters. The minimum atomic E-state index is -3.74. The highest BCUT2D eigenvalue weighted by Gasteiger charge is 2.23. The number of aliphatic hydroxyl groups excluding tert-OH is 1. The Morgan fingerprint density at radius 2 is 1.97 bits per heavy atom. The molecule has 2 aromatic rings. The molecule has 0 bridgehead atoms. The topological polar surface area (TPSA) is 109 Å². The molecule has 9 heteroatoms. The van der Waals surface area contributed by atoms with E-state index >= 15 is 0 Å². The number of carbonyl (C=O) groups excluding carboxylic acids is 1. The Kier molecular flexibility index (Phi) is 7.56. The highest BCUT2D eigenvalue weighted by atomic mass is 32.2. The summed E-state index contributed by atoms with van der Waals surface area (Å²) >= 11 is 0. The van der Waals surface area contributed by atoms with Crippen molar-refractivity contribution in [1.82, 2.24) is 14.6 Å². The molecule has 0 radical (unpaired) electrons. The molecule has 0 aliphatic carbocycles. The largest absolute Gasteiger partial charge is 0.444 e. The zero-order valence-electron chi connectivity index (χ0n) is 17.3. The Balaban J connectivity index is 2.04. The van der Waals surface area contributed by atoms with E-state index in [4.69, 9.17) is 4.74 Å². The summed E-state index contributed by atoms with van der Waals surface area (Å²) in [5.41, 5.74) is -0.667. The van der Waals surface area contributed by atoms with E-state index in [1.165, 1.54) is 11.0 Å². The van der Waals surface area contributed by atoms with Gasteiger partial charge in [0.15, 0.2) is 0 Å². The van der Waals surface area contributed by atoms with E-state index < -0.39 is 27.8 Å². The molecule has 29 heavy (non-hydrogen) atoms. The van der Waals surface area contributed by atoms with Crippen LogP contribution in [0.3, 0.4) is 0 Å². The fourth-order valence-corrected chi connectivity index (χ4v) is 3.65. The lowest BCUT2D eigenvalue weighted by Gasteiger charge is -2.27. The molecule has 2 rings (SSSR count). The van der Waals surface area contributed by atoms with E-state index in [0.717, 1.165) is 10.8 Å². The molecule has 1 aromatic heterocycles. The fourth-order valence-electron chi connectivity index (χ4n) is 2.59. The van der Waals surface area contributed by atoms with Crippen LogP contribution in [0.5, 0.6) is 0 Å². The lowest BCUT2D eigenvalue weighted by molar-refractivity contribution is 0.0230. The number of rotatable bonds is 8. The number of fused-ring (bicyclic) bond motifs is 1. The predicted octanol–water partition coefficient (Wildman–Crippen LogP) is 2.52. The highest BCUT2D eigenvalue weighted by Crippen LogP contribution is 2.18. The van der Waals surface area contributed by atoms with Gasteiger partial charge < -0.3 is 14.7 Å². The molecule has 0 saturated carbocycles. The number of hydrogen-bond acceptors (Lipinski definition) is 6. The van der Waals surface area contributed by atoms with Gasteiger partial charge in [0, 0.05) is 37.4 Å². The standard InChI is InChI=1S/C20H29N3O5S/c1-15(24)8-11-23(19(25)28-20(2,3)4)12-10-22-29(26,27)18-6-5-17-14-21-9-7-16(17)13-18/h5-7,9,13-15,22,24H,8,10-12H2,1-4H3/t15-/m0/s1. The number of amides is 1. The number of aliphatic hydroxyl groups is 1. The van der Waals surface area contributed by atoms with Crippen molar-refractivity contribution < 1.29 is 23.1 Å². The number of ether oxygens (including phenoxy) is 1. The quantitative estimate of drug-likeness (QED) is 0.675. The molecular weight excluding hydrogens is 394 g/mol. The van der Waals surface area contributed by atoms with Gasteiger partial charge in [0.1, 0.15) is 5.60 Å². The first-order valence-electron chi connectivity index (χ1n) is 9.47. The fraction of sp³-hybridized carbons (Fsp3) is 0.500. The van der Waals surface area contributed by atoms with Gasteiger partial charge in [-0.15, -0.1) is 0 Å². The number of nitrogens with one attached hydrogen (secondary N) is 1. The Morgan fingerprint density at radius 3 is 2.62 bits per heavy atom. The van der Waals surface area contributed by atoms with Crippen molar-refractivity contribution >= 4 is 26.9 Å². The average molecular weight is 424 g/mol. The van der Waals surface area contributed by atoms with Gasteiger partial charge in [0.05, 0.1) is 11.0 Å². The molecule has 8 nitrogen and oxygen atoms in total. The van der Waals surface area contributed by atoms with Crippen LogP contribution in [0.2, 0.25) is 0 Å². The van der Waals surface area contributed by atoms with Gasteiger partial charge in [-0.05, 0) is 57.7 Å². The second-order valence-corrected chi connectivity index (χ2v) is 9.65. The van der Waals surface area contributed by atoms with Gasteiger partial charge in [-0.2, -0.15) is 0 Å². The molecule has 1 amide bonds. The summed E-state index contributed by atoms with van der Waals surface area (Å²) in [5.74, 6) is 0. The summed E-state index contributed by atoms with van der Waals surface area (Å²) in [6.45, 7) is 7.32. The Labute approximate surface area is 171 Å². The number of nitrogens with zero attached hydrogens (tertiary/aromatic N) is 2. The van der Waals surface area contributed by atoms with Crippen LogP contribution in [0, 0.1) is 0 Å². The number of pyridine rings is 1. The van der Waals surface area contributed by atoms with E-state index in [1.807, 2.05) is 0 Å². The minimum Gasteiger partial charge on any atom is -0.444 e. The van der Waals surface area contributed by atoms with Crippen LogP contribution in [-0.4, -0.2) is 60.8 Å². The Morgan fingerprint density at radius 1 is 1.24 bits per heavy atom. The summed E-state index contributed by atoms with van der Waals surface area (Å²) in [6, 6.07) is 6.55. The van der Waals surface area contributed by atoms with Crippen molar-refractivity contribution in [3.05, 3.63) is 36.7 Å². The third-order valence-electron chi connectivity index (χ3n) is 4.06. The first-order chi connectivity index (χ1) is 13.5. The maximum absolute atomic E-state index is 12.6. The molecule has 0 unspecified atom stereocenters. The van der Waals surface area contributed by atoms with Gasteiger partial charge in [0.2, 0.25) is 10.0 Å². The van der Waals surface area contributed by atoms with Crippen molar-refractivity contribution in [1.29, 1.82) is 0 Å². The average Bonchev–Trinajstić information content (AvgIpc) is 2.62. The Hall–Kier alpha value is -2.23. The van der Waals surface area contributed by atoms with Crippen LogP contribution in [0.1, 0.15) is 34.1 Å². The van der Waals surface area contributed by atoms with Gasteiger partial charge >= 0.3 is 6.09 Å². The van der Waals surface area contributed by atoms with E-state index in [1.54, 1.807) is 58.3 Å². The maximum atomic E-state index is 12.6. The summed E-state index contributed by atoms with van der Waals surface area (Å²) < 4.78 is 33.1. The minimum absolute atomic E-state index is 0.0236. The maximum Gasteiger partial charge on any atom is 0.410 e. The SMILES string of the molecule is C[C@H](O)CCN(CCNS(=O)(=O)c1ccc2cnccc2c1)C(=O)OC(C)(C)C. The number of sulfonamides is 1. The van der Waals surface area contributed by atoms with Gasteiger partial charge in [0.25, 0.3) is 0 Å².